The van der Waals surface area contributed by atoms with Gasteiger partial charge in [-0.3, -0.25) is 4.57 Å². The summed E-state index contributed by atoms with van der Waals surface area (Å²) in [6.07, 6.45) is 0.0890. The van der Waals surface area contributed by atoms with Crippen LogP contribution in [0.3, 0.4) is 0 Å². The van der Waals surface area contributed by atoms with Crippen LogP contribution in [0.5, 0.6) is 0 Å². The minimum absolute atomic E-state index is 0.175. The quantitative estimate of drug-likeness (QED) is 0.364. The van der Waals surface area contributed by atoms with Gasteiger partial charge in [0, 0.05) is 12.6 Å². The van der Waals surface area contributed by atoms with Crippen molar-refractivity contribution in [1.29, 1.82) is 0 Å². The van der Waals surface area contributed by atoms with E-state index in [0.717, 1.165) is 0 Å². The lowest BCUT2D eigenvalue weighted by atomic mass is 10.5. The molecule has 1 unspecified atom stereocenters. The van der Waals surface area contributed by atoms with Gasteiger partial charge in [-0.25, -0.2) is 4.79 Å². The highest BCUT2D eigenvalue weighted by Gasteiger charge is 2.20. The van der Waals surface area contributed by atoms with Gasteiger partial charge in [-0.15, -0.1) is 0 Å². The SMILES string of the molecule is CCOC(=O)OCCCOP(=O)(CC)OCC. The Morgan fingerprint density at radius 1 is 1.00 bits per heavy atom. The van der Waals surface area contributed by atoms with Gasteiger partial charge < -0.3 is 18.5 Å². The van der Waals surface area contributed by atoms with E-state index in [1.165, 1.54) is 0 Å². The summed E-state index contributed by atoms with van der Waals surface area (Å²) < 4.78 is 31.3. The second kappa shape index (κ2) is 9.45. The molecule has 0 radical (unpaired) electrons. The molecule has 6 nitrogen and oxygen atoms in total. The summed E-state index contributed by atoms with van der Waals surface area (Å²) in [5, 5.41) is 0. The van der Waals surface area contributed by atoms with Crippen LogP contribution in [-0.2, 0) is 23.1 Å². The molecule has 0 N–H and O–H groups in total. The molecule has 0 aromatic carbocycles. The highest BCUT2D eigenvalue weighted by molar-refractivity contribution is 7.53. The van der Waals surface area contributed by atoms with Crippen molar-refractivity contribution < 1.29 is 27.9 Å². The molecular formula is C10H21O6P. The predicted molar refractivity (Wildman–Crippen MR) is 63.3 cm³/mol. The zero-order valence-electron chi connectivity index (χ0n) is 10.6. The number of hydrogen-bond donors (Lipinski definition) is 0. The first kappa shape index (κ1) is 16.4. The van der Waals surface area contributed by atoms with E-state index in [4.69, 9.17) is 13.8 Å². The Balaban J connectivity index is 3.62. The van der Waals surface area contributed by atoms with Gasteiger partial charge in [-0.05, 0) is 13.8 Å². The molecule has 17 heavy (non-hydrogen) atoms. The maximum atomic E-state index is 11.8. The summed E-state index contributed by atoms with van der Waals surface area (Å²) in [7, 11) is -2.95. The van der Waals surface area contributed by atoms with Gasteiger partial charge in [0.25, 0.3) is 0 Å². The summed E-state index contributed by atoms with van der Waals surface area (Å²) in [5.41, 5.74) is 0. The van der Waals surface area contributed by atoms with Crippen molar-refractivity contribution in [3.63, 3.8) is 0 Å². The molecule has 0 saturated heterocycles. The lowest BCUT2D eigenvalue weighted by Crippen LogP contribution is -2.09. The van der Waals surface area contributed by atoms with E-state index in [9.17, 15) is 9.36 Å². The summed E-state index contributed by atoms with van der Waals surface area (Å²) >= 11 is 0. The maximum Gasteiger partial charge on any atom is 0.508 e. The third kappa shape index (κ3) is 8.18. The van der Waals surface area contributed by atoms with Crippen LogP contribution in [0.4, 0.5) is 4.79 Å². The molecule has 0 aliphatic rings. The number of carbonyl (C=O) groups excluding carboxylic acids is 1. The van der Waals surface area contributed by atoms with E-state index in [0.29, 0.717) is 19.2 Å². The lowest BCUT2D eigenvalue weighted by Gasteiger charge is -2.15. The summed E-state index contributed by atoms with van der Waals surface area (Å²) in [6.45, 7) is 6.24. The fraction of sp³-hybridized carbons (Fsp3) is 0.900. The van der Waals surface area contributed by atoms with Crippen molar-refractivity contribution >= 4 is 13.8 Å². The van der Waals surface area contributed by atoms with E-state index in [1.54, 1.807) is 20.8 Å². The van der Waals surface area contributed by atoms with Crippen molar-refractivity contribution in [3.8, 4) is 0 Å². The molecule has 0 bridgehead atoms. The number of ether oxygens (including phenoxy) is 2. The average molecular weight is 268 g/mol. The molecule has 0 aliphatic carbocycles. The van der Waals surface area contributed by atoms with E-state index in [2.05, 4.69) is 4.74 Å². The van der Waals surface area contributed by atoms with Gasteiger partial charge in [0.2, 0.25) is 0 Å². The second-order valence-corrected chi connectivity index (χ2v) is 5.43. The average Bonchev–Trinajstić information content (AvgIpc) is 2.29. The zero-order valence-corrected chi connectivity index (χ0v) is 11.5. The molecule has 0 rings (SSSR count). The molecule has 1 atom stereocenters. The van der Waals surface area contributed by atoms with E-state index in [1.807, 2.05) is 0 Å². The van der Waals surface area contributed by atoms with E-state index in [-0.39, 0.29) is 19.8 Å². The van der Waals surface area contributed by atoms with Gasteiger partial charge in [0.1, 0.15) is 0 Å². The van der Waals surface area contributed by atoms with Crippen molar-refractivity contribution in [2.24, 2.45) is 0 Å². The smallest absolute Gasteiger partial charge is 0.435 e. The second-order valence-electron chi connectivity index (χ2n) is 3.06. The Morgan fingerprint density at radius 3 is 2.24 bits per heavy atom. The molecule has 0 saturated carbocycles. The predicted octanol–water partition coefficient (Wildman–Crippen LogP) is 2.82. The monoisotopic (exact) mass is 268 g/mol. The molecular weight excluding hydrogens is 247 g/mol. The Bertz CT molecular complexity index is 255. The Hall–Kier alpha value is -0.580. The van der Waals surface area contributed by atoms with Crippen LogP contribution >= 0.6 is 7.60 Å². The fourth-order valence-electron chi connectivity index (χ4n) is 0.994. The maximum absolute atomic E-state index is 11.8. The van der Waals surface area contributed by atoms with Crippen LogP contribution in [0, 0.1) is 0 Å². The highest BCUT2D eigenvalue weighted by atomic mass is 31.2. The van der Waals surface area contributed by atoms with Gasteiger partial charge in [0.15, 0.2) is 0 Å². The van der Waals surface area contributed by atoms with Crippen molar-refractivity contribution in [2.45, 2.75) is 27.2 Å². The summed E-state index contributed by atoms with van der Waals surface area (Å²) in [6, 6.07) is 0. The van der Waals surface area contributed by atoms with Crippen LogP contribution in [-0.4, -0.2) is 38.7 Å². The normalized spacial score (nSPS) is 14.1. The molecule has 102 valence electrons. The molecule has 0 fully saturated rings. The van der Waals surface area contributed by atoms with Crippen molar-refractivity contribution in [2.75, 3.05) is 32.6 Å². The van der Waals surface area contributed by atoms with Crippen molar-refractivity contribution in [1.82, 2.24) is 0 Å². The zero-order chi connectivity index (χ0) is 13.1. The third-order valence-electron chi connectivity index (χ3n) is 1.77. The standard InChI is InChI=1S/C10H21O6P/c1-4-13-10(11)14-8-7-9-16-17(12,6-3)15-5-2/h4-9H2,1-3H3. The first-order chi connectivity index (χ1) is 8.08. The van der Waals surface area contributed by atoms with E-state index < -0.39 is 13.8 Å². The molecule has 0 spiro atoms. The first-order valence-corrected chi connectivity index (χ1v) is 7.48. The summed E-state index contributed by atoms with van der Waals surface area (Å²) in [4.78, 5) is 10.8. The molecule has 0 aromatic heterocycles. The largest absolute Gasteiger partial charge is 0.508 e. The highest BCUT2D eigenvalue weighted by Crippen LogP contribution is 2.47. The molecule has 7 heteroatoms. The fourth-order valence-corrected chi connectivity index (χ4v) is 2.23. The lowest BCUT2D eigenvalue weighted by molar-refractivity contribution is 0.0551. The number of rotatable bonds is 9. The van der Waals surface area contributed by atoms with Crippen molar-refractivity contribution in [3.05, 3.63) is 0 Å². The van der Waals surface area contributed by atoms with Crippen LogP contribution in [0.15, 0.2) is 0 Å². The minimum Gasteiger partial charge on any atom is -0.435 e. The van der Waals surface area contributed by atoms with Crippen LogP contribution in [0.1, 0.15) is 27.2 Å². The van der Waals surface area contributed by atoms with E-state index >= 15 is 0 Å². The van der Waals surface area contributed by atoms with Gasteiger partial charge >= 0.3 is 13.8 Å². The van der Waals surface area contributed by atoms with Crippen LogP contribution in [0.2, 0.25) is 0 Å². The van der Waals surface area contributed by atoms with Gasteiger partial charge in [-0.2, -0.15) is 0 Å². The first-order valence-electron chi connectivity index (χ1n) is 5.75. The number of carbonyl (C=O) groups is 1. The number of hydrogen-bond acceptors (Lipinski definition) is 6. The van der Waals surface area contributed by atoms with Gasteiger partial charge in [-0.1, -0.05) is 6.92 Å². The Kier molecular flexibility index (Phi) is 9.13. The molecule has 0 aromatic rings. The minimum atomic E-state index is -2.95. The Morgan fingerprint density at radius 2 is 1.71 bits per heavy atom. The Labute approximate surface area is 102 Å². The van der Waals surface area contributed by atoms with Crippen LogP contribution < -0.4 is 0 Å². The topological polar surface area (TPSA) is 71.1 Å². The molecule has 0 amide bonds. The van der Waals surface area contributed by atoms with Gasteiger partial charge in [0.05, 0.1) is 26.4 Å². The molecule has 0 aliphatic heterocycles. The van der Waals surface area contributed by atoms with Crippen LogP contribution in [0.25, 0.3) is 0 Å². The molecule has 0 heterocycles. The third-order valence-corrected chi connectivity index (χ3v) is 3.77. The summed E-state index contributed by atoms with van der Waals surface area (Å²) in [5.74, 6) is 0.